The van der Waals surface area contributed by atoms with Gasteiger partial charge in [-0.05, 0) is 17.7 Å². The molecule has 0 bridgehead atoms. The Morgan fingerprint density at radius 2 is 2.27 bits per heavy atom. The normalized spacial score (nSPS) is 12.9. The molecule has 1 atom stereocenters. The molecule has 1 heterocycles. The highest BCUT2D eigenvalue weighted by molar-refractivity contribution is 14.1. The van der Waals surface area contributed by atoms with Crippen LogP contribution < -0.4 is 0 Å². The Bertz CT molecular complexity index is 522. The molecule has 0 spiro atoms. The monoisotopic (exact) mass is 319 g/mol. The van der Waals surface area contributed by atoms with E-state index in [1.54, 1.807) is 6.07 Å². The van der Waals surface area contributed by atoms with E-state index in [9.17, 15) is 9.90 Å². The van der Waals surface area contributed by atoms with Crippen LogP contribution in [0, 0.1) is 3.90 Å². The minimum atomic E-state index is -1.52. The van der Waals surface area contributed by atoms with Crippen LogP contribution in [0.25, 0.3) is 11.1 Å². The van der Waals surface area contributed by atoms with Crippen molar-refractivity contribution < 1.29 is 19.4 Å². The molecule has 0 aliphatic rings. The lowest BCUT2D eigenvalue weighted by atomic mass is 10.1. The van der Waals surface area contributed by atoms with Crippen molar-refractivity contribution in [3.63, 3.8) is 0 Å². The number of aliphatic carboxylic acids is 1. The molecule has 2 rings (SSSR count). The lowest BCUT2D eigenvalue weighted by Gasteiger charge is -2.03. The van der Waals surface area contributed by atoms with Gasteiger partial charge in [-0.2, -0.15) is 0 Å². The Morgan fingerprint density at radius 3 is 2.93 bits per heavy atom. The summed E-state index contributed by atoms with van der Waals surface area (Å²) in [4.78, 5) is 14.6. The Labute approximate surface area is 97.9 Å². The van der Waals surface area contributed by atoms with Crippen molar-refractivity contribution >= 4 is 39.7 Å². The lowest BCUT2D eigenvalue weighted by Crippen LogP contribution is -2.10. The molecular formula is C9H6INO4. The van der Waals surface area contributed by atoms with Crippen molar-refractivity contribution in [2.75, 3.05) is 0 Å². The zero-order chi connectivity index (χ0) is 11.0. The molecule has 5 nitrogen and oxygen atoms in total. The van der Waals surface area contributed by atoms with Crippen molar-refractivity contribution in [3.8, 4) is 0 Å². The summed E-state index contributed by atoms with van der Waals surface area (Å²) >= 11 is 1.92. The molecule has 1 aromatic heterocycles. The third-order valence-electron chi connectivity index (χ3n) is 1.94. The van der Waals surface area contributed by atoms with E-state index in [1.807, 2.05) is 22.6 Å². The fraction of sp³-hybridized carbons (Fsp3) is 0.111. The zero-order valence-corrected chi connectivity index (χ0v) is 9.50. The van der Waals surface area contributed by atoms with Crippen LogP contribution in [-0.2, 0) is 4.79 Å². The number of rotatable bonds is 2. The molecule has 15 heavy (non-hydrogen) atoms. The molecule has 0 aliphatic heterocycles. The van der Waals surface area contributed by atoms with Crippen LogP contribution >= 0.6 is 22.6 Å². The van der Waals surface area contributed by atoms with Crippen LogP contribution in [-0.4, -0.2) is 21.2 Å². The first-order chi connectivity index (χ1) is 7.08. The summed E-state index contributed by atoms with van der Waals surface area (Å²) in [6.07, 6.45) is -1.52. The average Bonchev–Trinajstić information content (AvgIpc) is 2.55. The smallest absolute Gasteiger partial charge is 0.337 e. The van der Waals surface area contributed by atoms with Gasteiger partial charge in [0, 0.05) is 22.6 Å². The number of carbonyl (C=O) groups is 1. The number of carboxylic acid groups (broad SMARTS) is 1. The number of nitrogens with zero attached hydrogens (tertiary/aromatic N) is 1. The van der Waals surface area contributed by atoms with Gasteiger partial charge in [0.25, 0.3) is 3.90 Å². The van der Waals surface area contributed by atoms with Crippen molar-refractivity contribution in [1.29, 1.82) is 0 Å². The predicted octanol–water partition coefficient (Wildman–Crippen LogP) is 1.55. The second kappa shape index (κ2) is 3.78. The van der Waals surface area contributed by atoms with E-state index in [4.69, 9.17) is 9.52 Å². The summed E-state index contributed by atoms with van der Waals surface area (Å²) in [6, 6.07) is 4.59. The van der Waals surface area contributed by atoms with Crippen LogP contribution in [0.5, 0.6) is 0 Å². The fourth-order valence-corrected chi connectivity index (χ4v) is 1.73. The largest absolute Gasteiger partial charge is 0.479 e. The van der Waals surface area contributed by atoms with Crippen molar-refractivity contribution in [2.24, 2.45) is 0 Å². The van der Waals surface area contributed by atoms with E-state index in [2.05, 4.69) is 4.98 Å². The highest BCUT2D eigenvalue weighted by atomic mass is 127. The second-order valence-corrected chi connectivity index (χ2v) is 3.86. The molecule has 6 heteroatoms. The highest BCUT2D eigenvalue weighted by Crippen LogP contribution is 2.21. The quantitative estimate of drug-likeness (QED) is 0.821. The summed E-state index contributed by atoms with van der Waals surface area (Å²) in [6.45, 7) is 0. The molecule has 2 N–H and O–H groups in total. The zero-order valence-electron chi connectivity index (χ0n) is 7.35. The first-order valence-corrected chi connectivity index (χ1v) is 5.12. The summed E-state index contributed by atoms with van der Waals surface area (Å²) < 4.78 is 5.69. The number of aliphatic hydroxyl groups excluding tert-OH is 1. The van der Waals surface area contributed by atoms with Gasteiger partial charge in [-0.15, -0.1) is 0 Å². The van der Waals surface area contributed by atoms with E-state index in [0.29, 0.717) is 20.6 Å². The summed E-state index contributed by atoms with van der Waals surface area (Å²) in [5.74, 6) is -1.28. The predicted molar refractivity (Wildman–Crippen MR) is 59.3 cm³/mol. The summed E-state index contributed by atoms with van der Waals surface area (Å²) in [7, 11) is 0. The van der Waals surface area contributed by atoms with Gasteiger partial charge in [-0.25, -0.2) is 9.78 Å². The van der Waals surface area contributed by atoms with E-state index in [-0.39, 0.29) is 0 Å². The number of fused-ring (bicyclic) bond motifs is 1. The van der Waals surface area contributed by atoms with Crippen molar-refractivity contribution in [3.05, 3.63) is 27.7 Å². The van der Waals surface area contributed by atoms with Gasteiger partial charge in [0.15, 0.2) is 11.7 Å². The third kappa shape index (κ3) is 1.95. The standard InChI is InChI=1S/C9H6INO4/c10-9-11-5-3-4(7(12)8(13)14)1-2-6(5)15-9/h1-3,7,12H,(H,13,14). The number of hydrogen-bond donors (Lipinski definition) is 2. The summed E-state index contributed by atoms with van der Waals surface area (Å²) in [5, 5.41) is 17.9. The van der Waals surface area contributed by atoms with Crippen molar-refractivity contribution in [1.82, 2.24) is 4.98 Å². The van der Waals surface area contributed by atoms with E-state index in [0.717, 1.165) is 0 Å². The number of oxazole rings is 1. The van der Waals surface area contributed by atoms with Crippen LogP contribution in [0.1, 0.15) is 11.7 Å². The molecule has 0 fully saturated rings. The van der Waals surface area contributed by atoms with Gasteiger partial charge < -0.3 is 14.6 Å². The maximum absolute atomic E-state index is 10.5. The Balaban J connectivity index is 2.50. The number of carboxylic acids is 1. The number of hydrogen-bond acceptors (Lipinski definition) is 4. The number of benzene rings is 1. The van der Waals surface area contributed by atoms with Gasteiger partial charge in [0.1, 0.15) is 5.52 Å². The highest BCUT2D eigenvalue weighted by Gasteiger charge is 2.17. The molecule has 0 saturated heterocycles. The lowest BCUT2D eigenvalue weighted by molar-refractivity contribution is -0.146. The van der Waals surface area contributed by atoms with Gasteiger partial charge in [0.2, 0.25) is 0 Å². The number of aromatic nitrogens is 1. The van der Waals surface area contributed by atoms with Gasteiger partial charge in [0.05, 0.1) is 0 Å². The average molecular weight is 319 g/mol. The maximum atomic E-state index is 10.5. The number of aliphatic hydroxyl groups is 1. The van der Waals surface area contributed by atoms with Gasteiger partial charge >= 0.3 is 5.97 Å². The van der Waals surface area contributed by atoms with E-state index < -0.39 is 12.1 Å². The van der Waals surface area contributed by atoms with Gasteiger partial charge in [-0.1, -0.05) is 6.07 Å². The molecular weight excluding hydrogens is 313 g/mol. The molecule has 0 aliphatic carbocycles. The number of halogens is 1. The molecule has 0 amide bonds. The van der Waals surface area contributed by atoms with E-state index >= 15 is 0 Å². The third-order valence-corrected chi connectivity index (χ3v) is 2.40. The Hall–Kier alpha value is -1.15. The van der Waals surface area contributed by atoms with Crippen LogP contribution in [0.3, 0.4) is 0 Å². The first-order valence-electron chi connectivity index (χ1n) is 4.05. The topological polar surface area (TPSA) is 83.6 Å². The molecule has 1 unspecified atom stereocenters. The van der Waals surface area contributed by atoms with E-state index in [1.165, 1.54) is 12.1 Å². The van der Waals surface area contributed by atoms with Crippen LogP contribution in [0.4, 0.5) is 0 Å². The van der Waals surface area contributed by atoms with Crippen molar-refractivity contribution in [2.45, 2.75) is 6.10 Å². The first kappa shape index (κ1) is 10.4. The Morgan fingerprint density at radius 1 is 1.53 bits per heavy atom. The molecule has 2 aromatic rings. The molecule has 1 aromatic carbocycles. The minimum Gasteiger partial charge on any atom is -0.479 e. The van der Waals surface area contributed by atoms with Gasteiger partial charge in [-0.3, -0.25) is 0 Å². The Kier molecular flexibility index (Phi) is 2.61. The SMILES string of the molecule is O=C(O)C(O)c1ccc2oc(I)nc2c1. The van der Waals surface area contributed by atoms with Crippen LogP contribution in [0.2, 0.25) is 0 Å². The molecule has 0 saturated carbocycles. The maximum Gasteiger partial charge on any atom is 0.337 e. The molecule has 0 radical (unpaired) electrons. The second-order valence-electron chi connectivity index (χ2n) is 2.93. The fourth-order valence-electron chi connectivity index (χ4n) is 1.23. The van der Waals surface area contributed by atoms with Crippen LogP contribution in [0.15, 0.2) is 22.6 Å². The minimum absolute atomic E-state index is 0.291. The molecule has 78 valence electrons. The summed E-state index contributed by atoms with van der Waals surface area (Å²) in [5.41, 5.74) is 1.40.